The van der Waals surface area contributed by atoms with Crippen molar-refractivity contribution in [2.75, 3.05) is 19.7 Å². The quantitative estimate of drug-likeness (QED) is 0.504. The van der Waals surface area contributed by atoms with Crippen LogP contribution in [-0.2, 0) is 15.7 Å². The number of piperidine rings is 1. The molecule has 2 aromatic rings. The number of halogens is 3. The van der Waals surface area contributed by atoms with E-state index in [0.717, 1.165) is 43.5 Å². The van der Waals surface area contributed by atoms with Gasteiger partial charge >= 0.3 is 12.1 Å². The van der Waals surface area contributed by atoms with Crippen LogP contribution >= 0.6 is 0 Å². The monoisotopic (exact) mass is 435 g/mol. The molecule has 0 aliphatic carbocycles. The Labute approximate surface area is 181 Å². The van der Waals surface area contributed by atoms with Crippen LogP contribution in [0.25, 0.3) is 0 Å². The highest BCUT2D eigenvalue weighted by Crippen LogP contribution is 2.32. The topological polar surface area (TPSA) is 38.8 Å². The van der Waals surface area contributed by atoms with Crippen LogP contribution in [0.4, 0.5) is 13.2 Å². The maximum Gasteiger partial charge on any atom is 0.416 e. The summed E-state index contributed by atoms with van der Waals surface area (Å²) in [6.45, 7) is 3.59. The van der Waals surface area contributed by atoms with E-state index in [2.05, 4.69) is 4.90 Å². The molecule has 0 radical (unpaired) electrons. The molecule has 4 nitrogen and oxygen atoms in total. The normalized spacial score (nSPS) is 18.4. The summed E-state index contributed by atoms with van der Waals surface area (Å²) >= 11 is 0. The van der Waals surface area contributed by atoms with Gasteiger partial charge in [0.2, 0.25) is 0 Å². The molecule has 0 aromatic heterocycles. The molecule has 1 saturated heterocycles. The maximum absolute atomic E-state index is 12.8. The Balaban J connectivity index is 1.71. The minimum Gasteiger partial charge on any atom is -0.486 e. The molecule has 2 aromatic carbocycles. The van der Waals surface area contributed by atoms with Crippen molar-refractivity contribution >= 4 is 5.97 Å². The first-order valence-electron chi connectivity index (χ1n) is 10.7. The summed E-state index contributed by atoms with van der Waals surface area (Å²) in [5.41, 5.74) is 0.230. The third kappa shape index (κ3) is 6.47. The molecular formula is C24H28F3NO3. The van der Waals surface area contributed by atoms with Crippen LogP contribution in [0.3, 0.4) is 0 Å². The first kappa shape index (κ1) is 23.1. The van der Waals surface area contributed by atoms with Crippen LogP contribution in [0.1, 0.15) is 49.8 Å². The predicted molar refractivity (Wildman–Crippen MR) is 112 cm³/mol. The molecule has 1 aliphatic rings. The van der Waals surface area contributed by atoms with Crippen LogP contribution in [0.5, 0.6) is 5.75 Å². The Bertz CT molecular complexity index is 824. The molecule has 2 atom stereocenters. The van der Waals surface area contributed by atoms with E-state index >= 15 is 0 Å². The van der Waals surface area contributed by atoms with Crippen molar-refractivity contribution in [2.45, 2.75) is 50.9 Å². The van der Waals surface area contributed by atoms with Crippen LogP contribution in [0, 0.1) is 0 Å². The fourth-order valence-corrected chi connectivity index (χ4v) is 3.90. The highest BCUT2D eigenvalue weighted by atomic mass is 19.4. The summed E-state index contributed by atoms with van der Waals surface area (Å²) in [7, 11) is 0. The second-order valence-corrected chi connectivity index (χ2v) is 7.63. The number of carbonyl (C=O) groups is 1. The number of likely N-dealkylation sites (tertiary alicyclic amines) is 1. The number of esters is 1. The van der Waals surface area contributed by atoms with Crippen molar-refractivity contribution in [2.24, 2.45) is 0 Å². The molecule has 0 bridgehead atoms. The molecular weight excluding hydrogens is 407 g/mol. The van der Waals surface area contributed by atoms with Gasteiger partial charge in [-0.15, -0.1) is 0 Å². The molecule has 7 heteroatoms. The third-order valence-electron chi connectivity index (χ3n) is 5.48. The van der Waals surface area contributed by atoms with Crippen molar-refractivity contribution in [3.8, 4) is 5.75 Å². The molecule has 1 fully saturated rings. The van der Waals surface area contributed by atoms with E-state index in [1.165, 1.54) is 12.1 Å². The molecule has 1 aliphatic heterocycles. The lowest BCUT2D eigenvalue weighted by molar-refractivity contribution is -0.151. The van der Waals surface area contributed by atoms with E-state index in [4.69, 9.17) is 9.47 Å². The van der Waals surface area contributed by atoms with Gasteiger partial charge < -0.3 is 9.47 Å². The Kier molecular flexibility index (Phi) is 7.96. The van der Waals surface area contributed by atoms with Crippen LogP contribution in [0.2, 0.25) is 0 Å². The Morgan fingerprint density at radius 1 is 1.10 bits per heavy atom. The van der Waals surface area contributed by atoms with Crippen molar-refractivity contribution in [3.05, 3.63) is 65.7 Å². The van der Waals surface area contributed by atoms with Gasteiger partial charge in [-0.2, -0.15) is 13.2 Å². The fraction of sp³-hybridized carbons (Fsp3) is 0.458. The average Bonchev–Trinajstić information content (AvgIpc) is 2.77. The molecule has 2 unspecified atom stereocenters. The number of nitrogens with zero attached hydrogens (tertiary/aromatic N) is 1. The van der Waals surface area contributed by atoms with Gasteiger partial charge in [-0.1, -0.05) is 36.8 Å². The summed E-state index contributed by atoms with van der Waals surface area (Å²) < 4.78 is 49.9. The zero-order chi connectivity index (χ0) is 22.3. The third-order valence-corrected chi connectivity index (χ3v) is 5.48. The molecule has 0 amide bonds. The number of hydrogen-bond donors (Lipinski definition) is 0. The highest BCUT2D eigenvalue weighted by molar-refractivity contribution is 5.75. The molecule has 31 heavy (non-hydrogen) atoms. The largest absolute Gasteiger partial charge is 0.486 e. The first-order valence-corrected chi connectivity index (χ1v) is 10.7. The number of ether oxygens (including phenoxy) is 2. The van der Waals surface area contributed by atoms with E-state index < -0.39 is 11.7 Å². The number of rotatable bonds is 8. The van der Waals surface area contributed by atoms with E-state index in [1.807, 2.05) is 30.3 Å². The molecule has 168 valence electrons. The first-order chi connectivity index (χ1) is 14.9. The minimum absolute atomic E-state index is 0.192. The lowest BCUT2D eigenvalue weighted by atomic mass is 10.00. The molecule has 0 saturated carbocycles. The SMILES string of the molecule is CCOC(=O)C1CCCCN1CCC(Oc1ccc(C(F)(F)F)cc1)c1ccccc1. The number of alkyl halides is 3. The van der Waals surface area contributed by atoms with Crippen molar-refractivity contribution in [3.63, 3.8) is 0 Å². The zero-order valence-corrected chi connectivity index (χ0v) is 17.6. The minimum atomic E-state index is -4.38. The van der Waals surface area contributed by atoms with Crippen LogP contribution < -0.4 is 4.74 Å². The Hall–Kier alpha value is -2.54. The number of hydrogen-bond acceptors (Lipinski definition) is 4. The maximum atomic E-state index is 12.8. The van der Waals surface area contributed by atoms with Gasteiger partial charge in [0.15, 0.2) is 0 Å². The lowest BCUT2D eigenvalue weighted by Crippen LogP contribution is -2.46. The van der Waals surface area contributed by atoms with E-state index in [9.17, 15) is 18.0 Å². The predicted octanol–water partition coefficient (Wildman–Crippen LogP) is 5.63. The summed E-state index contributed by atoms with van der Waals surface area (Å²) in [4.78, 5) is 14.5. The number of benzene rings is 2. The van der Waals surface area contributed by atoms with Gasteiger partial charge in [-0.25, -0.2) is 0 Å². The summed E-state index contributed by atoms with van der Waals surface area (Å²) in [5, 5.41) is 0. The smallest absolute Gasteiger partial charge is 0.416 e. The molecule has 0 N–H and O–H groups in total. The second kappa shape index (κ2) is 10.7. The standard InChI is InChI=1S/C24H28F3NO3/c1-2-30-23(29)21-10-6-7-16-28(21)17-15-22(18-8-4-3-5-9-18)31-20-13-11-19(12-14-20)24(25,26)27/h3-5,8-9,11-14,21-22H,2,6-7,10,15-17H2,1H3. The van der Waals surface area contributed by atoms with E-state index in [0.29, 0.717) is 25.3 Å². The van der Waals surface area contributed by atoms with Gasteiger partial charge in [0, 0.05) is 13.0 Å². The van der Waals surface area contributed by atoms with Gasteiger partial charge in [-0.3, -0.25) is 9.69 Å². The fourth-order valence-electron chi connectivity index (χ4n) is 3.90. The average molecular weight is 435 g/mol. The van der Waals surface area contributed by atoms with Crippen LogP contribution in [-0.4, -0.2) is 36.6 Å². The summed E-state index contributed by atoms with van der Waals surface area (Å²) in [6, 6.07) is 14.1. The molecule has 1 heterocycles. The lowest BCUT2D eigenvalue weighted by Gasteiger charge is -2.34. The van der Waals surface area contributed by atoms with Gasteiger partial charge in [0.25, 0.3) is 0 Å². The van der Waals surface area contributed by atoms with Gasteiger partial charge in [0.1, 0.15) is 17.9 Å². The van der Waals surface area contributed by atoms with Crippen molar-refractivity contribution < 1.29 is 27.4 Å². The van der Waals surface area contributed by atoms with E-state index in [-0.39, 0.29) is 18.1 Å². The van der Waals surface area contributed by atoms with Gasteiger partial charge in [-0.05, 0) is 56.1 Å². The van der Waals surface area contributed by atoms with E-state index in [1.54, 1.807) is 6.92 Å². The molecule has 3 rings (SSSR count). The molecule has 0 spiro atoms. The van der Waals surface area contributed by atoms with Crippen molar-refractivity contribution in [1.29, 1.82) is 0 Å². The van der Waals surface area contributed by atoms with Crippen LogP contribution in [0.15, 0.2) is 54.6 Å². The number of carbonyl (C=O) groups excluding carboxylic acids is 1. The highest BCUT2D eigenvalue weighted by Gasteiger charge is 2.31. The van der Waals surface area contributed by atoms with Crippen molar-refractivity contribution in [1.82, 2.24) is 4.90 Å². The Morgan fingerprint density at radius 3 is 2.45 bits per heavy atom. The van der Waals surface area contributed by atoms with Gasteiger partial charge in [0.05, 0.1) is 12.2 Å². The Morgan fingerprint density at radius 2 is 1.81 bits per heavy atom. The summed E-state index contributed by atoms with van der Waals surface area (Å²) in [6.07, 6.45) is -1.35. The second-order valence-electron chi connectivity index (χ2n) is 7.63. The zero-order valence-electron chi connectivity index (χ0n) is 17.6. The summed E-state index contributed by atoms with van der Waals surface area (Å²) in [5.74, 6) is 0.185.